The lowest BCUT2D eigenvalue weighted by Crippen LogP contribution is -2.22. The Hall–Kier alpha value is -1.83. The summed E-state index contributed by atoms with van der Waals surface area (Å²) in [6.45, 7) is 0. The highest BCUT2D eigenvalue weighted by atomic mass is 32.2. The molecule has 1 aromatic rings. The molecule has 0 fully saturated rings. The third kappa shape index (κ3) is 5.00. The second-order valence-electron chi connectivity index (χ2n) is 3.25. The number of hydrogen-bond acceptors (Lipinski definition) is 5. The molecule has 0 saturated heterocycles. The van der Waals surface area contributed by atoms with Crippen LogP contribution in [-0.4, -0.2) is 22.6 Å². The number of hydrogen-bond donors (Lipinski definition) is 3. The summed E-state index contributed by atoms with van der Waals surface area (Å²) in [5.41, 5.74) is 0.230. The maximum Gasteiger partial charge on any atom is 0.296 e. The molecule has 0 radical (unpaired) electrons. The molecule has 0 bridgehead atoms. The van der Waals surface area contributed by atoms with Gasteiger partial charge in [-0.1, -0.05) is 6.07 Å². The third-order valence-electron chi connectivity index (χ3n) is 1.65. The van der Waals surface area contributed by atoms with Crippen molar-refractivity contribution >= 4 is 31.6 Å². The van der Waals surface area contributed by atoms with E-state index in [0.717, 1.165) is 0 Å². The van der Waals surface area contributed by atoms with Crippen molar-refractivity contribution in [3.05, 3.63) is 24.3 Å². The van der Waals surface area contributed by atoms with Gasteiger partial charge in [-0.2, -0.15) is 13.7 Å². The van der Waals surface area contributed by atoms with Gasteiger partial charge in [-0.25, -0.2) is 13.6 Å². The molecule has 10 heteroatoms. The Balaban J connectivity index is 2.94. The van der Waals surface area contributed by atoms with E-state index in [1.54, 1.807) is 0 Å². The summed E-state index contributed by atoms with van der Waals surface area (Å²) in [6, 6.07) is 6.96. The number of nitriles is 1. The van der Waals surface area contributed by atoms with Crippen LogP contribution in [0.4, 0.5) is 11.4 Å². The lowest BCUT2D eigenvalue weighted by Gasteiger charge is -2.08. The largest absolute Gasteiger partial charge is 0.296 e. The summed E-state index contributed by atoms with van der Waals surface area (Å²) < 4.78 is 48.3. The van der Waals surface area contributed by atoms with Gasteiger partial charge in [0.2, 0.25) is 10.0 Å². The standard InChI is InChI=1S/C8H10N4O4S2/c9-4-5-17(13,14)11-7-2-1-3-8(6-7)12-18(10,15)16/h1-3,6,11-12H,5H2,(H2,10,15,16). The molecule has 0 aromatic heterocycles. The molecule has 18 heavy (non-hydrogen) atoms. The fourth-order valence-electron chi connectivity index (χ4n) is 1.11. The number of nitrogens with zero attached hydrogens (tertiary/aromatic N) is 1. The number of sulfonamides is 1. The van der Waals surface area contributed by atoms with E-state index in [2.05, 4.69) is 4.72 Å². The Morgan fingerprint density at radius 3 is 2.22 bits per heavy atom. The monoisotopic (exact) mass is 290 g/mol. The minimum absolute atomic E-state index is 0.106. The van der Waals surface area contributed by atoms with Crippen molar-refractivity contribution in [2.75, 3.05) is 15.2 Å². The van der Waals surface area contributed by atoms with E-state index in [4.69, 9.17) is 10.4 Å². The predicted molar refractivity (Wildman–Crippen MR) is 66.2 cm³/mol. The average molecular weight is 290 g/mol. The first kappa shape index (κ1) is 14.2. The smallest absolute Gasteiger partial charge is 0.283 e. The Kier molecular flexibility index (Phi) is 4.12. The highest BCUT2D eigenvalue weighted by Gasteiger charge is 2.10. The van der Waals surface area contributed by atoms with Gasteiger partial charge in [0.15, 0.2) is 5.75 Å². The highest BCUT2D eigenvalue weighted by Crippen LogP contribution is 2.16. The highest BCUT2D eigenvalue weighted by molar-refractivity contribution is 7.92. The summed E-state index contributed by atoms with van der Waals surface area (Å²) in [7, 11) is -7.69. The molecule has 0 aliphatic rings. The van der Waals surface area contributed by atoms with Crippen molar-refractivity contribution in [3.8, 4) is 6.07 Å². The second-order valence-corrected chi connectivity index (χ2v) is 6.26. The molecule has 0 heterocycles. The van der Waals surface area contributed by atoms with Gasteiger partial charge in [0, 0.05) is 0 Å². The Labute approximate surface area is 105 Å². The molecular weight excluding hydrogens is 280 g/mol. The van der Waals surface area contributed by atoms with Gasteiger partial charge in [0.25, 0.3) is 10.2 Å². The molecule has 8 nitrogen and oxygen atoms in total. The minimum Gasteiger partial charge on any atom is -0.283 e. The SMILES string of the molecule is N#CCS(=O)(=O)Nc1cccc(NS(N)(=O)=O)c1. The van der Waals surface area contributed by atoms with Crippen LogP contribution in [0.15, 0.2) is 24.3 Å². The van der Waals surface area contributed by atoms with E-state index in [1.165, 1.54) is 30.3 Å². The van der Waals surface area contributed by atoms with E-state index in [-0.39, 0.29) is 11.4 Å². The molecule has 1 rings (SSSR count). The summed E-state index contributed by atoms with van der Waals surface area (Å²) >= 11 is 0. The maximum absolute atomic E-state index is 11.3. The fourth-order valence-corrected chi connectivity index (χ4v) is 2.29. The zero-order chi connectivity index (χ0) is 13.8. The molecule has 0 amide bonds. The van der Waals surface area contributed by atoms with Crippen LogP contribution in [0.5, 0.6) is 0 Å². The van der Waals surface area contributed by atoms with Gasteiger partial charge in [-0.3, -0.25) is 9.44 Å². The minimum atomic E-state index is -3.93. The van der Waals surface area contributed by atoms with Crippen molar-refractivity contribution in [1.29, 1.82) is 5.26 Å². The summed E-state index contributed by atoms with van der Waals surface area (Å²) in [5.74, 6) is -0.695. The van der Waals surface area contributed by atoms with Crippen molar-refractivity contribution in [2.45, 2.75) is 0 Å². The quantitative estimate of drug-likeness (QED) is 0.674. The van der Waals surface area contributed by atoms with Crippen molar-refractivity contribution in [3.63, 3.8) is 0 Å². The van der Waals surface area contributed by atoms with E-state index >= 15 is 0 Å². The van der Waals surface area contributed by atoms with Crippen LogP contribution in [0, 0.1) is 11.3 Å². The van der Waals surface area contributed by atoms with E-state index in [0.29, 0.717) is 0 Å². The number of anilines is 2. The predicted octanol–water partition coefficient (Wildman–Crippen LogP) is -0.433. The summed E-state index contributed by atoms with van der Waals surface area (Å²) in [5, 5.41) is 13.1. The van der Waals surface area contributed by atoms with Gasteiger partial charge in [-0.05, 0) is 18.2 Å². The molecule has 98 valence electrons. The zero-order valence-corrected chi connectivity index (χ0v) is 10.6. The molecule has 1 aromatic carbocycles. The summed E-state index contributed by atoms with van der Waals surface area (Å²) in [4.78, 5) is 0. The average Bonchev–Trinajstić information content (AvgIpc) is 2.13. The van der Waals surface area contributed by atoms with Gasteiger partial charge in [-0.15, -0.1) is 0 Å². The molecular formula is C8H10N4O4S2. The van der Waals surface area contributed by atoms with Crippen LogP contribution >= 0.6 is 0 Å². The molecule has 4 N–H and O–H groups in total. The normalized spacial score (nSPS) is 11.6. The van der Waals surface area contributed by atoms with Crippen molar-refractivity contribution < 1.29 is 16.8 Å². The van der Waals surface area contributed by atoms with Gasteiger partial charge < -0.3 is 0 Å². The van der Waals surface area contributed by atoms with Crippen LogP contribution in [-0.2, 0) is 20.2 Å². The lowest BCUT2D eigenvalue weighted by atomic mass is 10.3. The van der Waals surface area contributed by atoms with Crippen LogP contribution in [0.1, 0.15) is 0 Å². The Morgan fingerprint density at radius 1 is 1.17 bits per heavy atom. The number of rotatable bonds is 5. The maximum atomic E-state index is 11.3. The van der Waals surface area contributed by atoms with Gasteiger partial charge >= 0.3 is 0 Å². The van der Waals surface area contributed by atoms with Crippen LogP contribution in [0.2, 0.25) is 0 Å². The van der Waals surface area contributed by atoms with Gasteiger partial charge in [0.05, 0.1) is 17.4 Å². The van der Waals surface area contributed by atoms with Crippen LogP contribution in [0.3, 0.4) is 0 Å². The zero-order valence-electron chi connectivity index (χ0n) is 8.99. The van der Waals surface area contributed by atoms with Gasteiger partial charge in [0.1, 0.15) is 0 Å². The van der Waals surface area contributed by atoms with Crippen molar-refractivity contribution in [1.82, 2.24) is 0 Å². The number of benzene rings is 1. The van der Waals surface area contributed by atoms with Crippen LogP contribution < -0.4 is 14.6 Å². The first-order valence-electron chi connectivity index (χ1n) is 4.50. The molecule has 0 aliphatic carbocycles. The van der Waals surface area contributed by atoms with E-state index in [1.807, 2.05) is 4.72 Å². The molecule has 0 saturated carbocycles. The Bertz CT molecular complexity index is 675. The van der Waals surface area contributed by atoms with E-state index in [9.17, 15) is 16.8 Å². The second kappa shape index (κ2) is 5.21. The number of nitrogens with one attached hydrogen (secondary N) is 2. The Morgan fingerprint density at radius 2 is 1.72 bits per heavy atom. The fraction of sp³-hybridized carbons (Fsp3) is 0.125. The number of nitrogens with two attached hydrogens (primary N) is 1. The van der Waals surface area contributed by atoms with Crippen molar-refractivity contribution in [2.24, 2.45) is 5.14 Å². The van der Waals surface area contributed by atoms with Crippen LogP contribution in [0.25, 0.3) is 0 Å². The topological polar surface area (TPSA) is 142 Å². The third-order valence-corrected chi connectivity index (χ3v) is 3.23. The first-order valence-corrected chi connectivity index (χ1v) is 7.70. The molecule has 0 spiro atoms. The first-order chi connectivity index (χ1) is 8.22. The molecule has 0 atom stereocenters. The lowest BCUT2D eigenvalue weighted by molar-refractivity contribution is 0.602. The molecule has 0 aliphatic heterocycles. The molecule has 0 unspecified atom stereocenters. The van der Waals surface area contributed by atoms with E-state index < -0.39 is 26.0 Å². The summed E-state index contributed by atoms with van der Waals surface area (Å²) in [6.07, 6.45) is 0.